The number of hydrogen-bond donors (Lipinski definition) is 1. The van der Waals surface area contributed by atoms with Gasteiger partial charge in [-0.25, -0.2) is 0 Å². The van der Waals surface area contributed by atoms with Crippen LogP contribution in [0.3, 0.4) is 0 Å². The van der Waals surface area contributed by atoms with Gasteiger partial charge in [-0.2, -0.15) is 0 Å². The molecule has 1 N–H and O–H groups in total. The predicted molar refractivity (Wildman–Crippen MR) is 86.7 cm³/mol. The van der Waals surface area contributed by atoms with Crippen molar-refractivity contribution in [2.45, 2.75) is 33.2 Å². The largest absolute Gasteiger partial charge is 0.494 e. The van der Waals surface area contributed by atoms with E-state index in [0.29, 0.717) is 6.61 Å². The van der Waals surface area contributed by atoms with E-state index in [0.717, 1.165) is 18.7 Å². The van der Waals surface area contributed by atoms with Crippen LogP contribution in [0.2, 0.25) is 0 Å². The highest BCUT2D eigenvalue weighted by Gasteiger charge is 2.13. The highest BCUT2D eigenvalue weighted by Crippen LogP contribution is 2.24. The van der Waals surface area contributed by atoms with Crippen LogP contribution in [0.25, 0.3) is 0 Å². The van der Waals surface area contributed by atoms with Gasteiger partial charge < -0.3 is 10.1 Å². The zero-order chi connectivity index (χ0) is 15.1. The van der Waals surface area contributed by atoms with Gasteiger partial charge in [0.25, 0.3) is 0 Å². The summed E-state index contributed by atoms with van der Waals surface area (Å²) in [4.78, 5) is 4.32. The molecule has 112 valence electrons. The average Bonchev–Trinajstić information content (AvgIpc) is 2.50. The fraction of sp³-hybridized carbons (Fsp3) is 0.389. The minimum atomic E-state index is 0.174. The highest BCUT2D eigenvalue weighted by atomic mass is 16.5. The molecule has 3 heteroatoms. The van der Waals surface area contributed by atoms with Crippen molar-refractivity contribution in [2.75, 3.05) is 13.2 Å². The molecule has 1 aromatic heterocycles. The number of nitrogens with zero attached hydrogens (tertiary/aromatic N) is 1. The van der Waals surface area contributed by atoms with Crippen LogP contribution in [0.5, 0.6) is 5.75 Å². The Bertz CT molecular complexity index is 551. The van der Waals surface area contributed by atoms with Crippen molar-refractivity contribution in [3.05, 3.63) is 59.4 Å². The maximum Gasteiger partial charge on any atom is 0.119 e. The van der Waals surface area contributed by atoms with Crippen LogP contribution in [-0.4, -0.2) is 18.1 Å². The fourth-order valence-corrected chi connectivity index (χ4v) is 2.38. The Hall–Kier alpha value is -1.87. The molecule has 0 fully saturated rings. The maximum atomic E-state index is 5.51. The van der Waals surface area contributed by atoms with E-state index in [-0.39, 0.29) is 6.04 Å². The summed E-state index contributed by atoms with van der Waals surface area (Å²) < 4.78 is 5.51. The molecule has 3 nitrogen and oxygen atoms in total. The van der Waals surface area contributed by atoms with Crippen LogP contribution >= 0.6 is 0 Å². The Balaban J connectivity index is 2.26. The molecular weight excluding hydrogens is 260 g/mol. The minimum Gasteiger partial charge on any atom is -0.494 e. The van der Waals surface area contributed by atoms with E-state index in [9.17, 15) is 0 Å². The third-order valence-electron chi connectivity index (χ3n) is 3.35. The molecule has 0 radical (unpaired) electrons. The van der Waals surface area contributed by atoms with Crippen molar-refractivity contribution >= 4 is 0 Å². The second-order valence-electron chi connectivity index (χ2n) is 5.18. The zero-order valence-electron chi connectivity index (χ0n) is 13.1. The standard InChI is InChI=1S/C18H24N2O/c1-4-10-20-18(16-11-14(3)12-19-13-16)15-6-8-17(9-7-15)21-5-2/h6-9,11-13,18,20H,4-5,10H2,1-3H3. The van der Waals surface area contributed by atoms with Crippen LogP contribution in [0.1, 0.15) is 43.0 Å². The van der Waals surface area contributed by atoms with E-state index in [1.165, 1.54) is 16.7 Å². The Morgan fingerprint density at radius 2 is 1.86 bits per heavy atom. The van der Waals surface area contributed by atoms with Crippen molar-refractivity contribution < 1.29 is 4.74 Å². The molecular formula is C18H24N2O. The van der Waals surface area contributed by atoms with Crippen molar-refractivity contribution in [2.24, 2.45) is 0 Å². The summed E-state index contributed by atoms with van der Waals surface area (Å²) >= 11 is 0. The smallest absolute Gasteiger partial charge is 0.119 e. The highest BCUT2D eigenvalue weighted by molar-refractivity contribution is 5.35. The molecule has 1 heterocycles. The van der Waals surface area contributed by atoms with Gasteiger partial charge >= 0.3 is 0 Å². The SMILES string of the molecule is CCCNC(c1ccc(OCC)cc1)c1cncc(C)c1. The summed E-state index contributed by atoms with van der Waals surface area (Å²) in [5, 5.41) is 3.60. The van der Waals surface area contributed by atoms with Crippen LogP contribution in [0.4, 0.5) is 0 Å². The molecule has 2 aromatic rings. The Labute approximate surface area is 127 Å². The predicted octanol–water partition coefficient (Wildman–Crippen LogP) is 3.88. The molecule has 2 rings (SSSR count). The average molecular weight is 284 g/mol. The maximum absolute atomic E-state index is 5.51. The normalized spacial score (nSPS) is 12.1. The number of nitrogens with one attached hydrogen (secondary N) is 1. The number of rotatable bonds is 7. The molecule has 0 amide bonds. The number of pyridine rings is 1. The molecule has 1 atom stereocenters. The Kier molecular flexibility index (Phi) is 5.76. The summed E-state index contributed by atoms with van der Waals surface area (Å²) in [6.07, 6.45) is 4.93. The van der Waals surface area contributed by atoms with E-state index in [4.69, 9.17) is 4.74 Å². The van der Waals surface area contributed by atoms with Gasteiger partial charge in [0.2, 0.25) is 0 Å². The number of hydrogen-bond acceptors (Lipinski definition) is 3. The third kappa shape index (κ3) is 4.30. The van der Waals surface area contributed by atoms with Gasteiger partial charge in [-0.3, -0.25) is 4.98 Å². The molecule has 0 aliphatic heterocycles. The first-order chi connectivity index (χ1) is 10.2. The van der Waals surface area contributed by atoms with E-state index in [2.05, 4.69) is 42.3 Å². The molecule has 21 heavy (non-hydrogen) atoms. The first kappa shape index (κ1) is 15.5. The lowest BCUT2D eigenvalue weighted by Crippen LogP contribution is -2.23. The van der Waals surface area contributed by atoms with Crippen LogP contribution in [0, 0.1) is 6.92 Å². The van der Waals surface area contributed by atoms with Crippen molar-refractivity contribution in [1.29, 1.82) is 0 Å². The van der Waals surface area contributed by atoms with Gasteiger partial charge in [0.15, 0.2) is 0 Å². The van der Waals surface area contributed by atoms with Gasteiger partial charge in [0.1, 0.15) is 5.75 Å². The summed E-state index contributed by atoms with van der Waals surface area (Å²) in [6, 6.07) is 10.7. The van der Waals surface area contributed by atoms with Gasteiger partial charge in [-0.05, 0) is 55.6 Å². The van der Waals surface area contributed by atoms with E-state index in [1.807, 2.05) is 31.5 Å². The van der Waals surface area contributed by atoms with E-state index < -0.39 is 0 Å². The fourth-order valence-electron chi connectivity index (χ4n) is 2.38. The second kappa shape index (κ2) is 7.79. The van der Waals surface area contributed by atoms with Crippen LogP contribution in [-0.2, 0) is 0 Å². The van der Waals surface area contributed by atoms with E-state index >= 15 is 0 Å². The summed E-state index contributed by atoms with van der Waals surface area (Å²) in [7, 11) is 0. The van der Waals surface area contributed by atoms with E-state index in [1.54, 1.807) is 0 Å². The molecule has 0 spiro atoms. The minimum absolute atomic E-state index is 0.174. The lowest BCUT2D eigenvalue weighted by Gasteiger charge is -2.20. The Morgan fingerprint density at radius 3 is 2.48 bits per heavy atom. The van der Waals surface area contributed by atoms with Crippen LogP contribution < -0.4 is 10.1 Å². The molecule has 0 saturated carbocycles. The van der Waals surface area contributed by atoms with Crippen molar-refractivity contribution in [1.82, 2.24) is 10.3 Å². The third-order valence-corrected chi connectivity index (χ3v) is 3.35. The van der Waals surface area contributed by atoms with Gasteiger partial charge in [-0.15, -0.1) is 0 Å². The molecule has 0 aliphatic carbocycles. The second-order valence-corrected chi connectivity index (χ2v) is 5.18. The summed E-state index contributed by atoms with van der Waals surface area (Å²) in [5.41, 5.74) is 3.62. The number of benzene rings is 1. The first-order valence-electron chi connectivity index (χ1n) is 7.62. The molecule has 0 aliphatic rings. The van der Waals surface area contributed by atoms with Crippen LogP contribution in [0.15, 0.2) is 42.7 Å². The number of aromatic nitrogens is 1. The quantitative estimate of drug-likeness (QED) is 0.838. The topological polar surface area (TPSA) is 34.1 Å². The molecule has 1 aromatic carbocycles. The molecule has 0 bridgehead atoms. The lowest BCUT2D eigenvalue weighted by atomic mass is 9.99. The van der Waals surface area contributed by atoms with Gasteiger partial charge in [0.05, 0.1) is 12.6 Å². The van der Waals surface area contributed by atoms with Gasteiger partial charge in [-0.1, -0.05) is 25.1 Å². The van der Waals surface area contributed by atoms with Crippen molar-refractivity contribution in [3.63, 3.8) is 0 Å². The molecule has 0 saturated heterocycles. The first-order valence-corrected chi connectivity index (χ1v) is 7.62. The Morgan fingerprint density at radius 1 is 1.10 bits per heavy atom. The van der Waals surface area contributed by atoms with Crippen molar-refractivity contribution in [3.8, 4) is 5.75 Å². The lowest BCUT2D eigenvalue weighted by molar-refractivity contribution is 0.340. The monoisotopic (exact) mass is 284 g/mol. The zero-order valence-corrected chi connectivity index (χ0v) is 13.1. The van der Waals surface area contributed by atoms with Gasteiger partial charge in [0, 0.05) is 12.4 Å². The number of aryl methyl sites for hydroxylation is 1. The summed E-state index contributed by atoms with van der Waals surface area (Å²) in [6.45, 7) is 7.92. The molecule has 1 unspecified atom stereocenters. The number of ether oxygens (including phenoxy) is 1. The summed E-state index contributed by atoms with van der Waals surface area (Å²) in [5.74, 6) is 0.915.